The molecule has 1 aliphatic carbocycles. The Morgan fingerprint density at radius 2 is 1.85 bits per heavy atom. The zero-order chi connectivity index (χ0) is 29.3. The number of hydrogen-bond acceptors (Lipinski definition) is 7. The van der Waals surface area contributed by atoms with Crippen LogP contribution in [0.3, 0.4) is 0 Å². The highest BCUT2D eigenvalue weighted by Crippen LogP contribution is 2.38. The second kappa shape index (κ2) is 11.2. The molecule has 0 aliphatic heterocycles. The second-order valence-corrected chi connectivity index (χ2v) is 10.2. The molecule has 5 aromatic rings. The van der Waals surface area contributed by atoms with Crippen molar-refractivity contribution in [1.29, 1.82) is 10.5 Å². The van der Waals surface area contributed by atoms with Crippen molar-refractivity contribution in [2.45, 2.75) is 37.4 Å². The van der Waals surface area contributed by atoms with Gasteiger partial charge in [0.25, 0.3) is 0 Å². The molecule has 8 nitrogen and oxygen atoms in total. The van der Waals surface area contributed by atoms with Gasteiger partial charge in [-0.15, -0.1) is 5.10 Å². The van der Waals surface area contributed by atoms with E-state index in [1.807, 2.05) is 30.3 Å². The molecule has 1 saturated carbocycles. The lowest BCUT2D eigenvalue weighted by molar-refractivity contribution is 0.610. The average molecular weight is 564 g/mol. The fraction of sp³-hybridized carbons (Fsp3) is 0.194. The van der Waals surface area contributed by atoms with Crippen molar-refractivity contribution in [2.75, 3.05) is 10.6 Å². The van der Waals surface area contributed by atoms with Gasteiger partial charge in [-0.05, 0) is 48.2 Å². The van der Waals surface area contributed by atoms with Gasteiger partial charge in [-0.25, -0.2) is 9.07 Å². The summed E-state index contributed by atoms with van der Waals surface area (Å²) in [5.74, 6) is -0.423. The molecule has 2 atom stereocenters. The van der Waals surface area contributed by atoms with Gasteiger partial charge in [0.05, 0.1) is 59.9 Å². The van der Waals surface area contributed by atoms with Gasteiger partial charge in [0.1, 0.15) is 17.6 Å². The van der Waals surface area contributed by atoms with Crippen LogP contribution in [0.2, 0.25) is 5.02 Å². The van der Waals surface area contributed by atoms with Crippen molar-refractivity contribution in [1.82, 2.24) is 20.0 Å². The number of anilines is 2. The number of benzene rings is 3. The Balaban J connectivity index is 1.46. The molecule has 1 unspecified atom stereocenters. The van der Waals surface area contributed by atoms with Crippen LogP contribution < -0.4 is 10.6 Å². The lowest BCUT2D eigenvalue weighted by Crippen LogP contribution is -2.14. The first kappa shape index (κ1) is 25.0. The Morgan fingerprint density at radius 3 is 2.56 bits per heavy atom. The van der Waals surface area contributed by atoms with Gasteiger partial charge in [0.15, 0.2) is 0 Å². The third-order valence-electron chi connectivity index (χ3n) is 6.95. The molecule has 6 rings (SSSR count). The summed E-state index contributed by atoms with van der Waals surface area (Å²) in [5, 5.41) is 35.5. The van der Waals surface area contributed by atoms with E-state index < -0.39 is 17.9 Å². The summed E-state index contributed by atoms with van der Waals surface area (Å²) in [6.45, 7) is 0. The third-order valence-corrected chi connectivity index (χ3v) is 7.24. The quantitative estimate of drug-likeness (QED) is 0.196. The summed E-state index contributed by atoms with van der Waals surface area (Å²) in [5.41, 5.74) is 3.30. The highest BCUT2D eigenvalue weighted by atomic mass is 35.5. The smallest absolute Gasteiger partial charge is 0.123 e. The van der Waals surface area contributed by atoms with Crippen LogP contribution in [0, 0.1) is 28.5 Å². The van der Waals surface area contributed by atoms with Crippen LogP contribution in [0.4, 0.5) is 15.8 Å². The molecule has 3 aromatic carbocycles. The first-order valence-corrected chi connectivity index (χ1v) is 13.4. The molecule has 0 radical (unpaired) electrons. The molecule has 10 heteroatoms. The molecule has 1 aliphatic rings. The Bertz CT molecular complexity index is 1840. The van der Waals surface area contributed by atoms with E-state index in [1.165, 1.54) is 30.5 Å². The van der Waals surface area contributed by atoms with E-state index in [1.54, 1.807) is 23.0 Å². The molecule has 0 saturated heterocycles. The Labute approximate surface area is 242 Å². The molecule has 41 heavy (non-hydrogen) atoms. The minimum absolute atomic E-state index is 0.154. The number of aromatic nitrogens is 4. The third kappa shape index (κ3) is 5.54. The maximum atomic E-state index is 13.9. The van der Waals surface area contributed by atoms with E-state index >= 15 is 0 Å². The number of halogens is 2. The van der Waals surface area contributed by atoms with Crippen molar-refractivity contribution in [3.8, 4) is 12.1 Å². The SMILES string of the molecule is [2H]C(Nc1cc(Cl)c2ncc(C#N)c(N[C@H](CC#N)c3ccccc3)c2c1)(c1ccc(F)cc1)c1cn(C2CC2)nn1. The summed E-state index contributed by atoms with van der Waals surface area (Å²) in [6, 6.07) is 21.1. The van der Waals surface area contributed by atoms with Gasteiger partial charge < -0.3 is 10.6 Å². The fourth-order valence-corrected chi connectivity index (χ4v) is 5.00. The van der Waals surface area contributed by atoms with Gasteiger partial charge in [-0.2, -0.15) is 10.5 Å². The lowest BCUT2D eigenvalue weighted by Gasteiger charge is -2.22. The van der Waals surface area contributed by atoms with Crippen LogP contribution in [0.15, 0.2) is 79.1 Å². The Hall–Kier alpha value is -4.99. The van der Waals surface area contributed by atoms with E-state index in [0.29, 0.717) is 38.6 Å². The molecular weight excluding hydrogens is 539 g/mol. The Kier molecular flexibility index (Phi) is 6.86. The number of rotatable bonds is 9. The fourth-order valence-electron chi connectivity index (χ4n) is 4.73. The summed E-state index contributed by atoms with van der Waals surface area (Å²) in [4.78, 5) is 4.43. The predicted octanol–water partition coefficient (Wildman–Crippen LogP) is 7.09. The number of nitriles is 2. The molecule has 2 aromatic heterocycles. The average Bonchev–Trinajstić information content (AvgIpc) is 3.73. The number of fused-ring (bicyclic) bond motifs is 1. The lowest BCUT2D eigenvalue weighted by atomic mass is 10.0. The van der Waals surface area contributed by atoms with E-state index in [0.717, 1.165) is 18.4 Å². The van der Waals surface area contributed by atoms with Crippen LogP contribution in [-0.4, -0.2) is 20.0 Å². The minimum atomic E-state index is -1.65. The van der Waals surface area contributed by atoms with Crippen molar-refractivity contribution in [3.63, 3.8) is 0 Å². The molecule has 0 bridgehead atoms. The number of pyridine rings is 1. The van der Waals surface area contributed by atoms with Gasteiger partial charge in [0.2, 0.25) is 0 Å². The largest absolute Gasteiger partial charge is 0.376 e. The molecule has 1 fully saturated rings. The van der Waals surface area contributed by atoms with Gasteiger partial charge in [-0.3, -0.25) is 4.98 Å². The second-order valence-electron chi connectivity index (χ2n) is 9.80. The molecule has 202 valence electrons. The number of hydrogen-bond donors (Lipinski definition) is 2. The monoisotopic (exact) mass is 563 g/mol. The van der Waals surface area contributed by atoms with Crippen LogP contribution in [-0.2, 0) is 0 Å². The van der Waals surface area contributed by atoms with Gasteiger partial charge >= 0.3 is 0 Å². The summed E-state index contributed by atoms with van der Waals surface area (Å²) in [6.07, 6.45) is 5.33. The van der Waals surface area contributed by atoms with Crippen LogP contribution in [0.5, 0.6) is 0 Å². The maximum Gasteiger partial charge on any atom is 0.123 e. The van der Waals surface area contributed by atoms with Crippen LogP contribution >= 0.6 is 11.6 Å². The topological polar surface area (TPSA) is 115 Å². The summed E-state index contributed by atoms with van der Waals surface area (Å²) < 4.78 is 25.2. The maximum absolute atomic E-state index is 13.9. The predicted molar refractivity (Wildman–Crippen MR) is 155 cm³/mol. The zero-order valence-electron chi connectivity index (χ0n) is 22.7. The molecule has 0 spiro atoms. The van der Waals surface area contributed by atoms with Gasteiger partial charge in [-0.1, -0.05) is 59.3 Å². The molecule has 2 heterocycles. The van der Waals surface area contributed by atoms with Gasteiger partial charge in [0, 0.05) is 17.3 Å². The summed E-state index contributed by atoms with van der Waals surface area (Å²) in [7, 11) is 0. The van der Waals surface area contributed by atoms with E-state index in [2.05, 4.69) is 38.1 Å². The van der Waals surface area contributed by atoms with Crippen molar-refractivity contribution >= 4 is 33.9 Å². The standard InChI is InChI=1S/C31H24ClFN8/c32-26-15-23(37-30(20-6-8-22(33)9-7-20)28-18-41(40-39-28)24-10-11-24)14-25-29(21(16-35)17-36-31(25)26)38-27(12-13-34)19-4-2-1-3-5-19/h1-9,14-15,17-18,24,27,30,37H,10-12H2,(H,36,38)/t27-,30?/m1/s1/i30D. The highest BCUT2D eigenvalue weighted by Gasteiger charge is 2.27. The van der Waals surface area contributed by atoms with Crippen LogP contribution in [0.25, 0.3) is 10.9 Å². The number of nitrogens with one attached hydrogen (secondary N) is 2. The minimum Gasteiger partial charge on any atom is -0.376 e. The molecule has 0 amide bonds. The number of nitrogens with zero attached hydrogens (tertiary/aromatic N) is 6. The van der Waals surface area contributed by atoms with Crippen molar-refractivity contribution in [2.24, 2.45) is 0 Å². The highest BCUT2D eigenvalue weighted by molar-refractivity contribution is 6.35. The zero-order valence-corrected chi connectivity index (χ0v) is 22.5. The van der Waals surface area contributed by atoms with Crippen molar-refractivity contribution < 1.29 is 5.76 Å². The normalized spacial score (nSPS) is 15.3. The van der Waals surface area contributed by atoms with E-state index in [-0.39, 0.29) is 18.0 Å². The van der Waals surface area contributed by atoms with Crippen LogP contribution in [0.1, 0.15) is 61.1 Å². The molecule has 2 N–H and O–H groups in total. The van der Waals surface area contributed by atoms with Crippen molar-refractivity contribution in [3.05, 3.63) is 112 Å². The van der Waals surface area contributed by atoms with E-state index in [4.69, 9.17) is 11.6 Å². The molecular formula is C31H24ClFN8. The first-order chi connectivity index (χ1) is 20.4. The summed E-state index contributed by atoms with van der Waals surface area (Å²) >= 11 is 6.73. The first-order valence-electron chi connectivity index (χ1n) is 13.6. The Morgan fingerprint density at radius 1 is 1.07 bits per heavy atom. The van der Waals surface area contributed by atoms with E-state index in [9.17, 15) is 16.3 Å².